The maximum Gasteiger partial charge on any atom is 0.269 e. The van der Waals surface area contributed by atoms with Crippen LogP contribution in [-0.2, 0) is 4.79 Å². The van der Waals surface area contributed by atoms with Gasteiger partial charge >= 0.3 is 0 Å². The van der Waals surface area contributed by atoms with Gasteiger partial charge in [-0.15, -0.1) is 0 Å². The number of benzene rings is 3. The zero-order chi connectivity index (χ0) is 26.2. The van der Waals surface area contributed by atoms with Crippen molar-refractivity contribution < 1.29 is 19.2 Å². The van der Waals surface area contributed by atoms with Crippen LogP contribution < -0.4 is 14.8 Å². The van der Waals surface area contributed by atoms with E-state index < -0.39 is 10.8 Å². The van der Waals surface area contributed by atoms with E-state index in [1.165, 1.54) is 30.3 Å². The van der Waals surface area contributed by atoms with Gasteiger partial charge in [0.15, 0.2) is 18.1 Å². The molecule has 0 atom stereocenters. The number of anilines is 1. The average Bonchev–Trinajstić information content (AvgIpc) is 2.84. The van der Waals surface area contributed by atoms with Crippen molar-refractivity contribution in [3.63, 3.8) is 0 Å². The Hall–Kier alpha value is -3.58. The van der Waals surface area contributed by atoms with Gasteiger partial charge in [-0.1, -0.05) is 23.2 Å². The van der Waals surface area contributed by atoms with E-state index in [1.54, 1.807) is 37.3 Å². The molecule has 0 aromatic heterocycles. The largest absolute Gasteiger partial charge is 0.490 e. The van der Waals surface area contributed by atoms with Crippen LogP contribution in [0.25, 0.3) is 11.6 Å². The second kappa shape index (κ2) is 12.4. The fraction of sp³-hybridized carbons (Fsp3) is 0.120. The number of nitro benzene ring substituents is 1. The third-order valence-electron chi connectivity index (χ3n) is 4.70. The summed E-state index contributed by atoms with van der Waals surface area (Å²) >= 11 is 15.3. The van der Waals surface area contributed by atoms with Gasteiger partial charge in [-0.05, 0) is 82.5 Å². The van der Waals surface area contributed by atoms with E-state index in [4.69, 9.17) is 32.7 Å². The molecule has 11 heteroatoms. The van der Waals surface area contributed by atoms with E-state index >= 15 is 0 Å². The van der Waals surface area contributed by atoms with E-state index in [2.05, 4.69) is 27.3 Å². The summed E-state index contributed by atoms with van der Waals surface area (Å²) in [6, 6.07) is 15.9. The van der Waals surface area contributed by atoms with E-state index in [0.717, 1.165) is 0 Å². The van der Waals surface area contributed by atoms with Gasteiger partial charge < -0.3 is 14.8 Å². The van der Waals surface area contributed by atoms with Gasteiger partial charge in [-0.25, -0.2) is 0 Å². The summed E-state index contributed by atoms with van der Waals surface area (Å²) in [6.07, 6.45) is 1.62. The molecular formula is C25H18BrCl2N3O5. The Kier molecular flexibility index (Phi) is 9.31. The summed E-state index contributed by atoms with van der Waals surface area (Å²) in [4.78, 5) is 22.8. The van der Waals surface area contributed by atoms with Gasteiger partial charge in [0.1, 0.15) is 0 Å². The molecule has 0 saturated carbocycles. The third kappa shape index (κ3) is 6.98. The van der Waals surface area contributed by atoms with Gasteiger partial charge in [0.05, 0.1) is 37.7 Å². The lowest BCUT2D eigenvalue weighted by molar-refractivity contribution is -0.384. The van der Waals surface area contributed by atoms with Crippen molar-refractivity contribution in [2.45, 2.75) is 6.92 Å². The minimum Gasteiger partial charge on any atom is -0.490 e. The first-order chi connectivity index (χ1) is 17.2. The number of halogens is 3. The molecular weight excluding hydrogens is 573 g/mol. The van der Waals surface area contributed by atoms with Crippen LogP contribution >= 0.6 is 39.1 Å². The van der Waals surface area contributed by atoms with Gasteiger partial charge in [0.25, 0.3) is 11.6 Å². The van der Waals surface area contributed by atoms with Crippen LogP contribution in [0.5, 0.6) is 11.5 Å². The Morgan fingerprint density at radius 3 is 2.47 bits per heavy atom. The minimum absolute atomic E-state index is 0.0675. The summed E-state index contributed by atoms with van der Waals surface area (Å²) in [5, 5.41) is 23.9. The van der Waals surface area contributed by atoms with Crippen molar-refractivity contribution in [3.05, 3.63) is 90.4 Å². The molecule has 0 heterocycles. The second-order valence-corrected chi connectivity index (χ2v) is 8.87. The first kappa shape index (κ1) is 27.0. The van der Waals surface area contributed by atoms with Gasteiger partial charge in [-0.2, -0.15) is 5.26 Å². The van der Waals surface area contributed by atoms with Crippen molar-refractivity contribution in [2.24, 2.45) is 0 Å². The number of carbonyl (C=O) groups is 1. The molecule has 0 aliphatic heterocycles. The molecule has 3 rings (SSSR count). The van der Waals surface area contributed by atoms with E-state index in [0.29, 0.717) is 55.0 Å². The summed E-state index contributed by atoms with van der Waals surface area (Å²) in [6.45, 7) is 1.83. The Labute approximate surface area is 225 Å². The molecule has 0 bridgehead atoms. The maximum absolute atomic E-state index is 12.4. The lowest BCUT2D eigenvalue weighted by Gasteiger charge is -2.15. The van der Waals surface area contributed by atoms with Crippen LogP contribution in [0.3, 0.4) is 0 Å². The van der Waals surface area contributed by atoms with Crippen LogP contribution in [0, 0.1) is 21.4 Å². The van der Waals surface area contributed by atoms with Crippen molar-refractivity contribution in [1.29, 1.82) is 5.26 Å². The van der Waals surface area contributed by atoms with Crippen LogP contribution in [0.4, 0.5) is 11.4 Å². The predicted molar refractivity (Wildman–Crippen MR) is 142 cm³/mol. The Morgan fingerprint density at radius 1 is 1.14 bits per heavy atom. The van der Waals surface area contributed by atoms with Gasteiger partial charge in [0, 0.05) is 17.8 Å². The summed E-state index contributed by atoms with van der Waals surface area (Å²) in [5.41, 5.74) is 1.85. The Balaban J connectivity index is 1.81. The monoisotopic (exact) mass is 589 g/mol. The van der Waals surface area contributed by atoms with E-state index in [9.17, 15) is 20.2 Å². The fourth-order valence-electron chi connectivity index (χ4n) is 3.09. The van der Waals surface area contributed by atoms with Gasteiger partial charge in [0.2, 0.25) is 0 Å². The standard InChI is InChI=1S/C25H18BrCl2N3O5/c1-2-35-23-11-15(9-17(13-29)16-3-6-19(7-4-16)31(33)34)10-20(26)25(23)36-14-24(32)30-18-5-8-21(27)22(28)12-18/h3-12H,2,14H2,1H3,(H,30,32)/b17-9+. The molecule has 0 saturated heterocycles. The molecule has 0 spiro atoms. The number of nitriles is 1. The normalized spacial score (nSPS) is 10.9. The highest BCUT2D eigenvalue weighted by Gasteiger charge is 2.15. The smallest absolute Gasteiger partial charge is 0.269 e. The highest BCUT2D eigenvalue weighted by molar-refractivity contribution is 9.10. The number of hydrogen-bond acceptors (Lipinski definition) is 6. The second-order valence-electron chi connectivity index (χ2n) is 7.20. The zero-order valence-corrected chi connectivity index (χ0v) is 21.9. The lowest BCUT2D eigenvalue weighted by atomic mass is 10.0. The number of allylic oxidation sites excluding steroid dienone is 1. The molecule has 0 fully saturated rings. The topological polar surface area (TPSA) is 114 Å². The first-order valence-electron chi connectivity index (χ1n) is 10.4. The summed E-state index contributed by atoms with van der Waals surface area (Å²) < 4.78 is 11.9. The Bertz CT molecular complexity index is 1370. The number of hydrogen-bond donors (Lipinski definition) is 1. The minimum atomic E-state index is -0.505. The zero-order valence-electron chi connectivity index (χ0n) is 18.8. The molecule has 1 N–H and O–H groups in total. The number of amides is 1. The number of nitrogens with zero attached hydrogens (tertiary/aromatic N) is 2. The molecule has 3 aromatic carbocycles. The number of nitrogens with one attached hydrogen (secondary N) is 1. The fourth-order valence-corrected chi connectivity index (χ4v) is 3.96. The molecule has 8 nitrogen and oxygen atoms in total. The highest BCUT2D eigenvalue weighted by atomic mass is 79.9. The molecule has 3 aromatic rings. The quantitative estimate of drug-likeness (QED) is 0.122. The number of ether oxygens (including phenoxy) is 2. The number of nitro groups is 1. The maximum atomic E-state index is 12.4. The van der Waals surface area contributed by atoms with Crippen LogP contribution in [-0.4, -0.2) is 24.0 Å². The van der Waals surface area contributed by atoms with Crippen molar-refractivity contribution >= 4 is 68.1 Å². The van der Waals surface area contributed by atoms with Crippen LogP contribution in [0.2, 0.25) is 10.0 Å². The van der Waals surface area contributed by atoms with Gasteiger partial charge in [-0.3, -0.25) is 14.9 Å². The summed E-state index contributed by atoms with van der Waals surface area (Å²) in [5.74, 6) is 0.255. The van der Waals surface area contributed by atoms with E-state index in [1.807, 2.05) is 0 Å². The lowest BCUT2D eigenvalue weighted by Crippen LogP contribution is -2.20. The number of rotatable bonds is 9. The number of non-ortho nitro benzene ring substituents is 1. The molecule has 1 amide bonds. The third-order valence-corrected chi connectivity index (χ3v) is 6.03. The molecule has 0 unspecified atom stereocenters. The van der Waals surface area contributed by atoms with Crippen LogP contribution in [0.1, 0.15) is 18.1 Å². The predicted octanol–water partition coefficient (Wildman–Crippen LogP) is 7.14. The SMILES string of the molecule is CCOc1cc(/C=C(\C#N)c2ccc([N+](=O)[O-])cc2)cc(Br)c1OCC(=O)Nc1ccc(Cl)c(Cl)c1. The molecule has 0 aliphatic carbocycles. The van der Waals surface area contributed by atoms with Crippen molar-refractivity contribution in [3.8, 4) is 17.6 Å². The Morgan fingerprint density at radius 2 is 1.86 bits per heavy atom. The average molecular weight is 591 g/mol. The highest BCUT2D eigenvalue weighted by Crippen LogP contribution is 2.38. The molecule has 0 aliphatic rings. The van der Waals surface area contributed by atoms with Crippen molar-refractivity contribution in [2.75, 3.05) is 18.5 Å². The van der Waals surface area contributed by atoms with Crippen LogP contribution in [0.15, 0.2) is 59.1 Å². The summed E-state index contributed by atoms with van der Waals surface area (Å²) in [7, 11) is 0. The molecule has 36 heavy (non-hydrogen) atoms. The number of carbonyl (C=O) groups excluding carboxylic acids is 1. The molecule has 184 valence electrons. The molecule has 0 radical (unpaired) electrons. The van der Waals surface area contributed by atoms with Crippen molar-refractivity contribution in [1.82, 2.24) is 0 Å². The first-order valence-corrected chi connectivity index (χ1v) is 12.0. The van der Waals surface area contributed by atoms with E-state index in [-0.39, 0.29) is 12.3 Å².